The molecule has 3 N–H and O–H groups in total. The number of pyridine rings is 1. The quantitative estimate of drug-likeness (QED) is 0.777. The zero-order chi connectivity index (χ0) is 10.7. The molecule has 1 aliphatic rings. The highest BCUT2D eigenvalue weighted by molar-refractivity contribution is 5.48. The van der Waals surface area contributed by atoms with Crippen LogP contribution in [-0.4, -0.2) is 11.5 Å². The molecule has 0 aromatic carbocycles. The van der Waals surface area contributed by atoms with Crippen molar-refractivity contribution in [3.63, 3.8) is 0 Å². The molecular weight excluding hydrogens is 186 g/mol. The Morgan fingerprint density at radius 2 is 2.33 bits per heavy atom. The Labute approximate surface area is 91.1 Å². The molecule has 1 heterocycles. The molecular formula is C12H19N3. The summed E-state index contributed by atoms with van der Waals surface area (Å²) < 4.78 is 0. The van der Waals surface area contributed by atoms with E-state index in [4.69, 9.17) is 5.73 Å². The van der Waals surface area contributed by atoms with Crippen molar-refractivity contribution in [2.24, 2.45) is 5.41 Å². The van der Waals surface area contributed by atoms with E-state index in [0.717, 1.165) is 18.1 Å². The Balaban J connectivity index is 1.88. The number of rotatable bonds is 5. The fraction of sp³-hybridized carbons (Fsp3) is 0.583. The van der Waals surface area contributed by atoms with Crippen molar-refractivity contribution in [3.8, 4) is 0 Å². The summed E-state index contributed by atoms with van der Waals surface area (Å²) in [5, 5.41) is 3.38. The third-order valence-corrected chi connectivity index (χ3v) is 3.17. The van der Waals surface area contributed by atoms with Crippen molar-refractivity contribution in [1.29, 1.82) is 0 Å². The summed E-state index contributed by atoms with van der Waals surface area (Å²) in [6.45, 7) is 3.29. The maximum atomic E-state index is 5.69. The van der Waals surface area contributed by atoms with Crippen LogP contribution >= 0.6 is 0 Å². The summed E-state index contributed by atoms with van der Waals surface area (Å²) in [6, 6.07) is 3.70. The van der Waals surface area contributed by atoms with Gasteiger partial charge in [-0.1, -0.05) is 13.3 Å². The van der Waals surface area contributed by atoms with Crippen LogP contribution in [0.3, 0.4) is 0 Å². The van der Waals surface area contributed by atoms with E-state index in [1.54, 1.807) is 6.20 Å². The topological polar surface area (TPSA) is 50.9 Å². The Hall–Kier alpha value is -1.25. The van der Waals surface area contributed by atoms with E-state index >= 15 is 0 Å². The number of nitrogens with one attached hydrogen (secondary N) is 1. The number of nitrogens with zero attached hydrogens (tertiary/aromatic N) is 1. The van der Waals surface area contributed by atoms with E-state index in [-0.39, 0.29) is 0 Å². The van der Waals surface area contributed by atoms with Gasteiger partial charge in [-0.05, 0) is 30.7 Å². The van der Waals surface area contributed by atoms with Gasteiger partial charge in [0.05, 0.1) is 0 Å². The predicted octanol–water partition coefficient (Wildman–Crippen LogP) is 2.66. The highest BCUT2D eigenvalue weighted by atomic mass is 15.0. The molecule has 0 atom stereocenters. The first-order chi connectivity index (χ1) is 7.24. The lowest BCUT2D eigenvalue weighted by Crippen LogP contribution is -2.15. The van der Waals surface area contributed by atoms with Crippen LogP contribution in [0, 0.1) is 5.41 Å². The number of nitrogens with two attached hydrogens (primary N) is 1. The monoisotopic (exact) mass is 205 g/mol. The molecule has 2 rings (SSSR count). The van der Waals surface area contributed by atoms with Crippen molar-refractivity contribution in [3.05, 3.63) is 18.3 Å². The molecule has 1 saturated carbocycles. The number of anilines is 2. The van der Waals surface area contributed by atoms with E-state index in [0.29, 0.717) is 5.41 Å². The lowest BCUT2D eigenvalue weighted by molar-refractivity contribution is 0.485. The molecule has 0 saturated heterocycles. The Kier molecular flexibility index (Phi) is 2.80. The van der Waals surface area contributed by atoms with Crippen LogP contribution in [-0.2, 0) is 0 Å². The minimum absolute atomic E-state index is 0.557. The lowest BCUT2D eigenvalue weighted by Gasteiger charge is -2.15. The van der Waals surface area contributed by atoms with E-state index in [2.05, 4.69) is 17.2 Å². The van der Waals surface area contributed by atoms with Crippen LogP contribution < -0.4 is 11.1 Å². The van der Waals surface area contributed by atoms with Crippen molar-refractivity contribution in [2.75, 3.05) is 17.6 Å². The number of hydrogen-bond donors (Lipinski definition) is 2. The third kappa shape index (κ3) is 2.61. The summed E-state index contributed by atoms with van der Waals surface area (Å²) in [5.41, 5.74) is 7.02. The fourth-order valence-electron chi connectivity index (χ4n) is 2.04. The van der Waals surface area contributed by atoms with E-state index in [9.17, 15) is 0 Å². The number of hydrogen-bond acceptors (Lipinski definition) is 3. The summed E-state index contributed by atoms with van der Waals surface area (Å²) >= 11 is 0. The van der Waals surface area contributed by atoms with Gasteiger partial charge in [-0.25, -0.2) is 4.98 Å². The van der Waals surface area contributed by atoms with E-state index in [1.807, 2.05) is 12.1 Å². The van der Waals surface area contributed by atoms with Crippen LogP contribution in [0.15, 0.2) is 18.3 Å². The number of nitrogen functional groups attached to an aromatic ring is 1. The van der Waals surface area contributed by atoms with Gasteiger partial charge in [0.1, 0.15) is 5.82 Å². The molecule has 0 radical (unpaired) electrons. The minimum atomic E-state index is 0.557. The van der Waals surface area contributed by atoms with Gasteiger partial charge in [0, 0.05) is 24.5 Å². The average molecular weight is 205 g/mol. The second-order valence-electron chi connectivity index (χ2n) is 4.58. The van der Waals surface area contributed by atoms with Crippen LogP contribution in [0.5, 0.6) is 0 Å². The van der Waals surface area contributed by atoms with Gasteiger partial charge >= 0.3 is 0 Å². The van der Waals surface area contributed by atoms with Crippen molar-refractivity contribution >= 4 is 11.5 Å². The molecule has 15 heavy (non-hydrogen) atoms. The average Bonchev–Trinajstić information content (AvgIpc) is 2.97. The molecule has 1 aromatic rings. The first-order valence-electron chi connectivity index (χ1n) is 5.69. The van der Waals surface area contributed by atoms with Crippen molar-refractivity contribution < 1.29 is 0 Å². The zero-order valence-corrected chi connectivity index (χ0v) is 9.29. The molecule has 0 bridgehead atoms. The zero-order valence-electron chi connectivity index (χ0n) is 9.29. The van der Waals surface area contributed by atoms with E-state index < -0.39 is 0 Å². The van der Waals surface area contributed by atoms with Crippen LogP contribution in [0.25, 0.3) is 0 Å². The van der Waals surface area contributed by atoms with Crippen LogP contribution in [0.2, 0.25) is 0 Å². The van der Waals surface area contributed by atoms with Gasteiger partial charge in [-0.15, -0.1) is 0 Å². The Bertz CT molecular complexity index is 331. The van der Waals surface area contributed by atoms with Crippen LogP contribution in [0.1, 0.15) is 32.6 Å². The van der Waals surface area contributed by atoms with Gasteiger partial charge < -0.3 is 11.1 Å². The van der Waals surface area contributed by atoms with Crippen LogP contribution in [0.4, 0.5) is 11.5 Å². The molecule has 3 nitrogen and oxygen atoms in total. The Morgan fingerprint density at radius 3 is 2.93 bits per heavy atom. The highest BCUT2D eigenvalue weighted by Gasteiger charge is 2.41. The minimum Gasteiger partial charge on any atom is -0.399 e. The smallest absolute Gasteiger partial charge is 0.127 e. The predicted molar refractivity (Wildman–Crippen MR) is 63.7 cm³/mol. The van der Waals surface area contributed by atoms with Crippen molar-refractivity contribution in [1.82, 2.24) is 4.98 Å². The van der Waals surface area contributed by atoms with Crippen molar-refractivity contribution in [2.45, 2.75) is 32.6 Å². The molecule has 1 aliphatic carbocycles. The van der Waals surface area contributed by atoms with Gasteiger partial charge in [0.15, 0.2) is 0 Å². The van der Waals surface area contributed by atoms with Gasteiger partial charge in [0.25, 0.3) is 0 Å². The largest absolute Gasteiger partial charge is 0.399 e. The summed E-state index contributed by atoms with van der Waals surface area (Å²) in [4.78, 5) is 4.24. The molecule has 3 heteroatoms. The molecule has 1 aromatic heterocycles. The van der Waals surface area contributed by atoms with Gasteiger partial charge in [0.2, 0.25) is 0 Å². The van der Waals surface area contributed by atoms with Gasteiger partial charge in [-0.2, -0.15) is 0 Å². The lowest BCUT2D eigenvalue weighted by atomic mass is 10.0. The maximum absolute atomic E-state index is 5.69. The fourth-order valence-corrected chi connectivity index (χ4v) is 2.04. The SMILES string of the molecule is CCCC1(CNc2cc(N)ccn2)CC1. The second kappa shape index (κ2) is 4.09. The molecule has 0 unspecified atom stereocenters. The normalized spacial score (nSPS) is 17.4. The molecule has 0 aliphatic heterocycles. The standard InChI is InChI=1S/C12H19N3/c1-2-4-12(5-6-12)9-15-11-8-10(13)3-7-14-11/h3,7-8H,2,4-6,9H2,1H3,(H3,13,14,15). The first-order valence-corrected chi connectivity index (χ1v) is 5.69. The maximum Gasteiger partial charge on any atom is 0.127 e. The highest BCUT2D eigenvalue weighted by Crippen LogP contribution is 2.49. The second-order valence-corrected chi connectivity index (χ2v) is 4.58. The van der Waals surface area contributed by atoms with Gasteiger partial charge in [-0.3, -0.25) is 0 Å². The number of aromatic nitrogens is 1. The summed E-state index contributed by atoms with van der Waals surface area (Å²) in [7, 11) is 0. The third-order valence-electron chi connectivity index (χ3n) is 3.17. The molecule has 82 valence electrons. The van der Waals surface area contributed by atoms with E-state index in [1.165, 1.54) is 25.7 Å². The summed E-state index contributed by atoms with van der Waals surface area (Å²) in [6.07, 6.45) is 7.05. The molecule has 0 spiro atoms. The molecule has 0 amide bonds. The summed E-state index contributed by atoms with van der Waals surface area (Å²) in [5.74, 6) is 0.900. The molecule has 1 fully saturated rings. The first kappa shape index (κ1) is 10.3. The Morgan fingerprint density at radius 1 is 1.53 bits per heavy atom.